The summed E-state index contributed by atoms with van der Waals surface area (Å²) in [6.45, 7) is 3.50. The van der Waals surface area contributed by atoms with E-state index in [9.17, 15) is 8.78 Å². The van der Waals surface area contributed by atoms with Gasteiger partial charge in [-0.15, -0.1) is 0 Å². The third-order valence-corrected chi connectivity index (χ3v) is 7.98. The Hall–Kier alpha value is -2.15. The van der Waals surface area contributed by atoms with Gasteiger partial charge in [-0.05, 0) is 61.3 Å². The van der Waals surface area contributed by atoms with Gasteiger partial charge < -0.3 is 10.6 Å². The fourth-order valence-electron chi connectivity index (χ4n) is 5.97. The smallest absolute Gasteiger partial charge is 0.248 e. The Morgan fingerprint density at radius 1 is 1.03 bits per heavy atom. The van der Waals surface area contributed by atoms with E-state index in [1.807, 2.05) is 6.20 Å². The van der Waals surface area contributed by atoms with Crippen molar-refractivity contribution in [3.8, 4) is 0 Å². The van der Waals surface area contributed by atoms with Gasteiger partial charge in [-0.2, -0.15) is 0 Å². The van der Waals surface area contributed by atoms with Crippen molar-refractivity contribution in [1.82, 2.24) is 20.5 Å². The minimum Gasteiger partial charge on any atom is -0.311 e. The van der Waals surface area contributed by atoms with Crippen molar-refractivity contribution in [2.75, 3.05) is 19.6 Å². The maximum atomic E-state index is 13.4. The predicted octanol–water partition coefficient (Wildman–Crippen LogP) is 5.20. The lowest BCUT2D eigenvalue weighted by molar-refractivity contribution is -0.0401. The molecular formula is C29H38F2N4. The number of hydrogen-bond donors (Lipinski definition) is 2. The number of pyridine rings is 1. The number of nitrogens with one attached hydrogen (secondary N) is 2. The number of nitrogens with zero attached hydrogens (tertiary/aromatic N) is 2. The van der Waals surface area contributed by atoms with Crippen LogP contribution in [0.4, 0.5) is 8.78 Å². The maximum Gasteiger partial charge on any atom is 0.248 e. The molecular weight excluding hydrogens is 442 g/mol. The molecule has 3 aliphatic rings. The fourth-order valence-corrected chi connectivity index (χ4v) is 5.97. The molecule has 1 aromatic heterocycles. The first-order valence-electron chi connectivity index (χ1n) is 13.3. The van der Waals surface area contributed by atoms with Crippen LogP contribution in [-0.2, 0) is 19.4 Å². The number of halogens is 2. The summed E-state index contributed by atoms with van der Waals surface area (Å²) in [4.78, 5) is 7.40. The first-order valence-corrected chi connectivity index (χ1v) is 13.3. The average molecular weight is 481 g/mol. The summed E-state index contributed by atoms with van der Waals surface area (Å²) in [5.41, 5.74) is 5.49. The molecule has 2 unspecified atom stereocenters. The summed E-state index contributed by atoms with van der Waals surface area (Å²) in [5.74, 6) is -2.47. The number of rotatable bonds is 8. The Bertz CT molecular complexity index is 998. The van der Waals surface area contributed by atoms with Crippen LogP contribution in [0.15, 0.2) is 54.7 Å². The zero-order chi connectivity index (χ0) is 24.1. The molecule has 0 amide bonds. The third kappa shape index (κ3) is 6.35. The average Bonchev–Trinajstić information content (AvgIpc) is 2.88. The number of benzene rings is 1. The zero-order valence-corrected chi connectivity index (χ0v) is 20.6. The van der Waals surface area contributed by atoms with Crippen molar-refractivity contribution in [2.24, 2.45) is 0 Å². The van der Waals surface area contributed by atoms with Crippen LogP contribution in [0.5, 0.6) is 0 Å². The Morgan fingerprint density at radius 2 is 1.83 bits per heavy atom. The molecule has 1 aromatic carbocycles. The zero-order valence-electron chi connectivity index (χ0n) is 20.6. The van der Waals surface area contributed by atoms with E-state index in [1.165, 1.54) is 28.8 Å². The van der Waals surface area contributed by atoms with Gasteiger partial charge in [0.2, 0.25) is 5.92 Å². The normalized spacial score (nSPS) is 24.4. The van der Waals surface area contributed by atoms with Gasteiger partial charge in [0.25, 0.3) is 0 Å². The van der Waals surface area contributed by atoms with Crippen molar-refractivity contribution in [3.05, 3.63) is 77.1 Å². The summed E-state index contributed by atoms with van der Waals surface area (Å²) in [6, 6.07) is 14.0. The van der Waals surface area contributed by atoms with Gasteiger partial charge in [0.15, 0.2) is 0 Å². The highest BCUT2D eigenvalue weighted by Gasteiger charge is 2.34. The van der Waals surface area contributed by atoms with Crippen molar-refractivity contribution in [3.63, 3.8) is 0 Å². The van der Waals surface area contributed by atoms with Crippen LogP contribution in [0.1, 0.15) is 67.0 Å². The third-order valence-electron chi connectivity index (χ3n) is 7.98. The summed E-state index contributed by atoms with van der Waals surface area (Å²) in [6.07, 6.45) is 12.0. The predicted molar refractivity (Wildman–Crippen MR) is 137 cm³/mol. The molecule has 1 aliphatic heterocycles. The number of aryl methyl sites for hydroxylation is 1. The lowest BCUT2D eigenvalue weighted by Gasteiger charge is -2.38. The highest BCUT2D eigenvalue weighted by molar-refractivity contribution is 5.30. The fraction of sp³-hybridized carbons (Fsp3) is 0.552. The van der Waals surface area contributed by atoms with E-state index in [-0.39, 0.29) is 18.9 Å². The second-order valence-electron chi connectivity index (χ2n) is 10.5. The number of fused-ring (bicyclic) bond motifs is 2. The van der Waals surface area contributed by atoms with E-state index in [0.29, 0.717) is 24.9 Å². The van der Waals surface area contributed by atoms with Crippen molar-refractivity contribution < 1.29 is 8.78 Å². The van der Waals surface area contributed by atoms with Crippen LogP contribution >= 0.6 is 0 Å². The lowest BCUT2D eigenvalue weighted by atomic mass is 9.89. The molecule has 1 saturated carbocycles. The van der Waals surface area contributed by atoms with Gasteiger partial charge in [0, 0.05) is 57.3 Å². The molecule has 2 aliphatic carbocycles. The Morgan fingerprint density at radius 3 is 2.69 bits per heavy atom. The van der Waals surface area contributed by atoms with Gasteiger partial charge in [0.05, 0.1) is 11.7 Å². The van der Waals surface area contributed by atoms with Crippen LogP contribution < -0.4 is 10.6 Å². The summed E-state index contributed by atoms with van der Waals surface area (Å²) < 4.78 is 26.8. The molecule has 6 heteroatoms. The van der Waals surface area contributed by atoms with E-state index < -0.39 is 5.92 Å². The van der Waals surface area contributed by atoms with Crippen LogP contribution in [0.25, 0.3) is 0 Å². The summed E-state index contributed by atoms with van der Waals surface area (Å²) in [7, 11) is 0. The first kappa shape index (κ1) is 24.5. The maximum absolute atomic E-state index is 13.4. The largest absolute Gasteiger partial charge is 0.311 e. The monoisotopic (exact) mass is 480 g/mol. The molecule has 0 bridgehead atoms. The topological polar surface area (TPSA) is 40.2 Å². The Labute approximate surface area is 208 Å². The summed E-state index contributed by atoms with van der Waals surface area (Å²) >= 11 is 0. The SMILES string of the molecule is FC1(F)CCC(NC/C=C/CN(CC2Cc3ccccc3CN2)C2CCCc3cccnc32)CC1. The number of alkyl halides is 2. The minimum absolute atomic E-state index is 0.00770. The van der Waals surface area contributed by atoms with Crippen molar-refractivity contribution >= 4 is 0 Å². The molecule has 188 valence electrons. The molecule has 35 heavy (non-hydrogen) atoms. The minimum atomic E-state index is -2.47. The van der Waals surface area contributed by atoms with E-state index in [0.717, 1.165) is 45.4 Å². The standard InChI is InChI=1S/C29H38F2N4/c30-29(31)14-12-25(13-15-29)32-16-3-4-18-35(27-11-5-9-22-10-6-17-33-28(22)27)21-26-19-23-7-1-2-8-24(23)20-34-26/h1-4,6-8,10,17,25-27,32,34H,5,9,11-16,18-21H2/b4-3+. The molecule has 0 spiro atoms. The van der Waals surface area contributed by atoms with Crippen LogP contribution in [0.3, 0.4) is 0 Å². The molecule has 2 heterocycles. The molecule has 1 fully saturated rings. The van der Waals surface area contributed by atoms with E-state index >= 15 is 0 Å². The van der Waals surface area contributed by atoms with E-state index in [1.54, 1.807) is 0 Å². The highest BCUT2D eigenvalue weighted by atomic mass is 19.3. The highest BCUT2D eigenvalue weighted by Crippen LogP contribution is 2.34. The number of hydrogen-bond acceptors (Lipinski definition) is 4. The molecule has 2 aromatic rings. The second-order valence-corrected chi connectivity index (χ2v) is 10.5. The Balaban J connectivity index is 1.22. The van der Waals surface area contributed by atoms with Gasteiger partial charge >= 0.3 is 0 Å². The van der Waals surface area contributed by atoms with Gasteiger partial charge in [-0.3, -0.25) is 9.88 Å². The number of aromatic nitrogens is 1. The molecule has 2 atom stereocenters. The lowest BCUT2D eigenvalue weighted by Crippen LogP contribution is -2.46. The van der Waals surface area contributed by atoms with Gasteiger partial charge in [0.1, 0.15) is 0 Å². The van der Waals surface area contributed by atoms with Crippen LogP contribution in [-0.4, -0.2) is 47.5 Å². The molecule has 2 N–H and O–H groups in total. The summed E-state index contributed by atoms with van der Waals surface area (Å²) in [5, 5.41) is 7.22. The van der Waals surface area contributed by atoms with Crippen LogP contribution in [0.2, 0.25) is 0 Å². The first-order chi connectivity index (χ1) is 17.1. The van der Waals surface area contributed by atoms with Crippen molar-refractivity contribution in [2.45, 2.75) is 82.0 Å². The van der Waals surface area contributed by atoms with Gasteiger partial charge in [-0.1, -0.05) is 42.5 Å². The van der Waals surface area contributed by atoms with E-state index in [4.69, 9.17) is 4.98 Å². The molecule has 4 nitrogen and oxygen atoms in total. The van der Waals surface area contributed by atoms with Gasteiger partial charge in [-0.25, -0.2) is 8.78 Å². The quantitative estimate of drug-likeness (QED) is 0.510. The second kappa shape index (κ2) is 11.3. The molecule has 0 saturated heterocycles. The Kier molecular flexibility index (Phi) is 7.91. The van der Waals surface area contributed by atoms with Crippen molar-refractivity contribution in [1.29, 1.82) is 0 Å². The molecule has 0 radical (unpaired) electrons. The van der Waals surface area contributed by atoms with Crippen LogP contribution in [0, 0.1) is 0 Å². The van der Waals surface area contributed by atoms with E-state index in [2.05, 4.69) is 64.1 Å². The molecule has 5 rings (SSSR count).